The Kier molecular flexibility index (Phi) is 8.50. The number of amides is 1. The van der Waals surface area contributed by atoms with Gasteiger partial charge in [0.05, 0.1) is 13.2 Å². The van der Waals surface area contributed by atoms with Crippen LogP contribution in [0.3, 0.4) is 0 Å². The summed E-state index contributed by atoms with van der Waals surface area (Å²) in [6, 6.07) is 8.46. The summed E-state index contributed by atoms with van der Waals surface area (Å²) in [6.07, 6.45) is 2.18. The highest BCUT2D eigenvalue weighted by atomic mass is 16.5. The van der Waals surface area contributed by atoms with Crippen molar-refractivity contribution < 1.29 is 14.6 Å². The van der Waals surface area contributed by atoms with E-state index in [1.807, 2.05) is 12.1 Å². The first-order valence-corrected chi connectivity index (χ1v) is 11.2. The van der Waals surface area contributed by atoms with Crippen LogP contribution in [0, 0.1) is 5.41 Å². The summed E-state index contributed by atoms with van der Waals surface area (Å²) < 4.78 is 5.35. The van der Waals surface area contributed by atoms with Gasteiger partial charge in [-0.15, -0.1) is 0 Å². The summed E-state index contributed by atoms with van der Waals surface area (Å²) in [7, 11) is 0. The highest BCUT2D eigenvalue weighted by molar-refractivity contribution is 5.94. The van der Waals surface area contributed by atoms with E-state index in [1.165, 1.54) is 5.69 Å². The van der Waals surface area contributed by atoms with E-state index in [0.29, 0.717) is 18.2 Å². The molecule has 0 unspecified atom stereocenters. The summed E-state index contributed by atoms with van der Waals surface area (Å²) >= 11 is 0. The molecule has 0 saturated carbocycles. The lowest BCUT2D eigenvalue weighted by molar-refractivity contribution is 0.0383. The first-order valence-electron chi connectivity index (χ1n) is 11.2. The average Bonchev–Trinajstić information content (AvgIpc) is 2.79. The van der Waals surface area contributed by atoms with E-state index < -0.39 is 0 Å². The van der Waals surface area contributed by atoms with Gasteiger partial charge >= 0.3 is 0 Å². The summed E-state index contributed by atoms with van der Waals surface area (Å²) in [5, 5.41) is 16.0. The van der Waals surface area contributed by atoms with Gasteiger partial charge in [-0.05, 0) is 37.1 Å². The van der Waals surface area contributed by atoms with Gasteiger partial charge in [0.25, 0.3) is 5.91 Å². The van der Waals surface area contributed by atoms with Crippen LogP contribution in [0.25, 0.3) is 0 Å². The minimum absolute atomic E-state index is 0.00999. The number of nitrogens with zero attached hydrogens (tertiary/aromatic N) is 2. The zero-order valence-electron chi connectivity index (χ0n) is 18.5. The molecule has 0 aliphatic carbocycles. The number of ether oxygens (including phenoxy) is 1. The summed E-state index contributed by atoms with van der Waals surface area (Å²) in [4.78, 5) is 17.1. The lowest BCUT2D eigenvalue weighted by Gasteiger charge is -2.35. The zero-order chi connectivity index (χ0) is 21.4. The average molecular weight is 419 g/mol. The highest BCUT2D eigenvalue weighted by Crippen LogP contribution is 2.21. The Hall–Kier alpha value is -1.67. The molecule has 0 spiro atoms. The fraction of sp³-hybridized carbons (Fsp3) is 0.696. The van der Waals surface area contributed by atoms with E-state index >= 15 is 0 Å². The maximum Gasteiger partial charge on any atom is 0.251 e. The number of aliphatic hydroxyl groups excluding tert-OH is 1. The standard InChI is InChI=1S/C23H38N4O3/c1-23(2,18-28)17-25-20-7-10-27(11-8-20)21-5-3-19(4-6-21)22(29)24-9-12-26-13-15-30-16-14-26/h3-6,20,25,28H,7-18H2,1-2H3,(H,24,29). The van der Waals surface area contributed by atoms with Crippen LogP contribution in [0.4, 0.5) is 5.69 Å². The maximum absolute atomic E-state index is 12.4. The molecule has 7 heteroatoms. The third-order valence-electron chi connectivity index (χ3n) is 6.10. The van der Waals surface area contributed by atoms with Crippen LogP contribution < -0.4 is 15.5 Å². The molecule has 2 aliphatic heterocycles. The molecule has 2 heterocycles. The lowest BCUT2D eigenvalue weighted by Crippen LogP contribution is -2.45. The van der Waals surface area contributed by atoms with Crippen molar-refractivity contribution >= 4 is 11.6 Å². The topological polar surface area (TPSA) is 77.1 Å². The fourth-order valence-corrected chi connectivity index (χ4v) is 3.90. The van der Waals surface area contributed by atoms with Gasteiger partial charge in [0.2, 0.25) is 0 Å². The predicted molar refractivity (Wildman–Crippen MR) is 120 cm³/mol. The number of benzene rings is 1. The van der Waals surface area contributed by atoms with Gasteiger partial charge < -0.3 is 25.4 Å². The van der Waals surface area contributed by atoms with Crippen molar-refractivity contribution in [2.45, 2.75) is 32.7 Å². The number of morpholine rings is 1. The Bertz CT molecular complexity index is 651. The smallest absolute Gasteiger partial charge is 0.251 e. The molecular formula is C23H38N4O3. The summed E-state index contributed by atoms with van der Waals surface area (Å²) in [6.45, 7) is 12.2. The van der Waals surface area contributed by atoms with Crippen LogP contribution >= 0.6 is 0 Å². The molecule has 168 valence electrons. The van der Waals surface area contributed by atoms with Gasteiger partial charge in [0.1, 0.15) is 0 Å². The van der Waals surface area contributed by atoms with Crippen molar-refractivity contribution in [3.63, 3.8) is 0 Å². The quantitative estimate of drug-likeness (QED) is 0.562. The molecular weight excluding hydrogens is 380 g/mol. The van der Waals surface area contributed by atoms with Gasteiger partial charge in [-0.2, -0.15) is 0 Å². The Morgan fingerprint density at radius 1 is 1.13 bits per heavy atom. The first-order chi connectivity index (χ1) is 14.5. The second-order valence-electron chi connectivity index (χ2n) is 9.22. The number of hydrogen-bond donors (Lipinski definition) is 3. The van der Waals surface area contributed by atoms with Gasteiger partial charge in [-0.3, -0.25) is 9.69 Å². The minimum Gasteiger partial charge on any atom is -0.396 e. The van der Waals surface area contributed by atoms with E-state index in [4.69, 9.17) is 4.74 Å². The molecule has 1 amide bonds. The Morgan fingerprint density at radius 2 is 1.80 bits per heavy atom. The lowest BCUT2D eigenvalue weighted by atomic mass is 9.93. The molecule has 2 fully saturated rings. The van der Waals surface area contributed by atoms with E-state index in [2.05, 4.69) is 46.4 Å². The molecule has 2 aliphatic rings. The number of aliphatic hydroxyl groups is 1. The molecule has 0 atom stereocenters. The van der Waals surface area contributed by atoms with Crippen LogP contribution in [-0.2, 0) is 4.74 Å². The third-order valence-corrected chi connectivity index (χ3v) is 6.10. The molecule has 3 N–H and O–H groups in total. The maximum atomic E-state index is 12.4. The Labute approximate surface area is 180 Å². The molecule has 30 heavy (non-hydrogen) atoms. The van der Waals surface area contributed by atoms with Crippen molar-refractivity contribution in [1.29, 1.82) is 0 Å². The van der Waals surface area contributed by atoms with Crippen molar-refractivity contribution in [2.24, 2.45) is 5.41 Å². The molecule has 0 bridgehead atoms. The molecule has 0 radical (unpaired) electrons. The zero-order valence-corrected chi connectivity index (χ0v) is 18.5. The van der Waals surface area contributed by atoms with Crippen LogP contribution in [0.15, 0.2) is 24.3 Å². The first kappa shape index (κ1) is 23.0. The molecule has 0 aromatic heterocycles. The van der Waals surface area contributed by atoms with E-state index in [-0.39, 0.29) is 17.9 Å². The number of carbonyl (C=O) groups excluding carboxylic acids is 1. The van der Waals surface area contributed by atoms with Crippen molar-refractivity contribution in [2.75, 3.05) is 70.5 Å². The molecule has 2 saturated heterocycles. The molecule has 1 aromatic carbocycles. The van der Waals surface area contributed by atoms with Crippen LogP contribution in [0.1, 0.15) is 37.0 Å². The van der Waals surface area contributed by atoms with Crippen molar-refractivity contribution in [3.8, 4) is 0 Å². The number of nitrogens with one attached hydrogen (secondary N) is 2. The third kappa shape index (κ3) is 6.94. The van der Waals surface area contributed by atoms with Crippen LogP contribution in [-0.4, -0.2) is 87.6 Å². The molecule has 3 rings (SSSR count). The molecule has 7 nitrogen and oxygen atoms in total. The van der Waals surface area contributed by atoms with Gasteiger partial charge in [0, 0.05) is 75.1 Å². The number of anilines is 1. The normalized spacial score (nSPS) is 19.1. The van der Waals surface area contributed by atoms with Gasteiger partial charge in [-0.1, -0.05) is 13.8 Å². The Morgan fingerprint density at radius 3 is 2.43 bits per heavy atom. The Balaban J connectivity index is 1.39. The summed E-state index contributed by atoms with van der Waals surface area (Å²) in [5.41, 5.74) is 1.81. The SMILES string of the molecule is CC(C)(CO)CNC1CCN(c2ccc(C(=O)NCCN3CCOCC3)cc2)CC1. The second-order valence-corrected chi connectivity index (χ2v) is 9.22. The van der Waals surface area contributed by atoms with Crippen molar-refractivity contribution in [1.82, 2.24) is 15.5 Å². The van der Waals surface area contributed by atoms with Gasteiger partial charge in [-0.25, -0.2) is 0 Å². The van der Waals surface area contributed by atoms with Gasteiger partial charge in [0.15, 0.2) is 0 Å². The highest BCUT2D eigenvalue weighted by Gasteiger charge is 2.23. The number of hydrogen-bond acceptors (Lipinski definition) is 6. The molecule has 1 aromatic rings. The number of carbonyl (C=O) groups is 1. The predicted octanol–water partition coefficient (Wildman–Crippen LogP) is 1.33. The minimum atomic E-state index is -0.0737. The fourth-order valence-electron chi connectivity index (χ4n) is 3.90. The van der Waals surface area contributed by atoms with E-state index in [1.54, 1.807) is 0 Å². The van der Waals surface area contributed by atoms with Crippen LogP contribution in [0.2, 0.25) is 0 Å². The number of piperidine rings is 1. The summed E-state index contributed by atoms with van der Waals surface area (Å²) in [5.74, 6) is -0.00999. The van der Waals surface area contributed by atoms with Crippen LogP contribution in [0.5, 0.6) is 0 Å². The van der Waals surface area contributed by atoms with E-state index in [9.17, 15) is 9.90 Å². The monoisotopic (exact) mass is 418 g/mol. The second kappa shape index (κ2) is 11.1. The largest absolute Gasteiger partial charge is 0.396 e. The van der Waals surface area contributed by atoms with Crippen molar-refractivity contribution in [3.05, 3.63) is 29.8 Å². The number of rotatable bonds is 9. The van der Waals surface area contributed by atoms with E-state index in [0.717, 1.165) is 65.3 Å².